The number of nitrogens with one attached hydrogen (secondary N) is 1. The molecule has 1 aliphatic rings. The molecule has 4 aromatic carbocycles. The predicted molar refractivity (Wildman–Crippen MR) is 140 cm³/mol. The van der Waals surface area contributed by atoms with E-state index < -0.39 is 0 Å². The topological polar surface area (TPSA) is 39.1 Å². The number of hydrogen-bond donors (Lipinski definition) is 1. The number of benzene rings is 4. The third kappa shape index (κ3) is 5.02. The average molecular weight is 434 g/mol. The predicted octanol–water partition coefficient (Wildman–Crippen LogP) is 7.07. The highest BCUT2D eigenvalue weighted by molar-refractivity contribution is 5.93. The van der Waals surface area contributed by atoms with Gasteiger partial charge >= 0.3 is 0 Å². The molecule has 0 spiro atoms. The zero-order valence-corrected chi connectivity index (χ0v) is 19.4. The Morgan fingerprint density at radius 3 is 2.27 bits per heavy atom. The molecule has 5 rings (SSSR count). The van der Waals surface area contributed by atoms with Crippen LogP contribution in [0.3, 0.4) is 0 Å². The van der Waals surface area contributed by atoms with Gasteiger partial charge in [-0.2, -0.15) is 5.26 Å². The van der Waals surface area contributed by atoms with Crippen LogP contribution in [0.1, 0.15) is 30.9 Å². The Morgan fingerprint density at radius 2 is 1.52 bits per heavy atom. The standard InChI is InChI=1S/C28H25N3.C2H6/c29-17-21-13-15-25(16-14-21)31-19-24(27(20-31)23-7-2-1-3-8-23)18-30-28-12-6-10-22-9-4-5-11-26(22)28;1-2/h1-16,24,27,30H,18-20H2;1-2H3. The number of anilines is 2. The van der Waals surface area contributed by atoms with E-state index in [-0.39, 0.29) is 0 Å². The van der Waals surface area contributed by atoms with Gasteiger partial charge in [0.05, 0.1) is 11.6 Å². The number of nitrogens with zero attached hydrogens (tertiary/aromatic N) is 2. The second-order valence-electron chi connectivity index (χ2n) is 8.25. The molecule has 2 atom stereocenters. The summed E-state index contributed by atoms with van der Waals surface area (Å²) in [4.78, 5) is 2.45. The highest BCUT2D eigenvalue weighted by atomic mass is 15.2. The fraction of sp³-hybridized carbons (Fsp3) is 0.233. The Hall–Kier alpha value is -3.77. The molecular weight excluding hydrogens is 402 g/mol. The summed E-state index contributed by atoms with van der Waals surface area (Å²) in [7, 11) is 0. The van der Waals surface area contributed by atoms with Crippen LogP contribution in [-0.4, -0.2) is 19.6 Å². The lowest BCUT2D eigenvalue weighted by Crippen LogP contribution is -2.23. The van der Waals surface area contributed by atoms with Crippen molar-refractivity contribution in [3.05, 3.63) is 108 Å². The third-order valence-corrected chi connectivity index (χ3v) is 6.37. The van der Waals surface area contributed by atoms with Crippen LogP contribution in [0.25, 0.3) is 10.8 Å². The lowest BCUT2D eigenvalue weighted by molar-refractivity contribution is 0.547. The van der Waals surface area contributed by atoms with E-state index in [0.29, 0.717) is 17.4 Å². The first-order chi connectivity index (χ1) is 16.3. The van der Waals surface area contributed by atoms with Gasteiger partial charge in [-0.25, -0.2) is 0 Å². The Kier molecular flexibility index (Phi) is 7.27. The van der Waals surface area contributed by atoms with Gasteiger partial charge in [-0.3, -0.25) is 0 Å². The minimum absolute atomic E-state index is 0.458. The zero-order valence-electron chi connectivity index (χ0n) is 19.4. The van der Waals surface area contributed by atoms with Crippen molar-refractivity contribution >= 4 is 22.1 Å². The van der Waals surface area contributed by atoms with Crippen molar-refractivity contribution in [3.63, 3.8) is 0 Å². The van der Waals surface area contributed by atoms with Crippen molar-refractivity contribution in [1.82, 2.24) is 0 Å². The van der Waals surface area contributed by atoms with Crippen LogP contribution in [0, 0.1) is 17.2 Å². The van der Waals surface area contributed by atoms with Crippen LogP contribution >= 0.6 is 0 Å². The van der Waals surface area contributed by atoms with Crippen LogP contribution in [0.15, 0.2) is 97.1 Å². The summed E-state index contributed by atoms with van der Waals surface area (Å²) in [6.45, 7) is 6.89. The first kappa shape index (κ1) is 22.4. The van der Waals surface area contributed by atoms with Gasteiger partial charge in [0, 0.05) is 48.2 Å². The summed E-state index contributed by atoms with van der Waals surface area (Å²) in [5.74, 6) is 0.941. The largest absolute Gasteiger partial charge is 0.384 e. The van der Waals surface area contributed by atoms with Gasteiger partial charge in [0.1, 0.15) is 0 Å². The van der Waals surface area contributed by atoms with E-state index >= 15 is 0 Å². The molecule has 3 nitrogen and oxygen atoms in total. The van der Waals surface area contributed by atoms with Crippen molar-refractivity contribution in [2.75, 3.05) is 29.9 Å². The lowest BCUT2D eigenvalue weighted by atomic mass is 9.89. The minimum Gasteiger partial charge on any atom is -0.384 e. The number of hydrogen-bond acceptors (Lipinski definition) is 3. The molecule has 0 saturated carbocycles. The number of rotatable bonds is 5. The van der Waals surface area contributed by atoms with Crippen molar-refractivity contribution in [3.8, 4) is 6.07 Å². The summed E-state index contributed by atoms with van der Waals surface area (Å²) in [6, 6.07) is 36.0. The van der Waals surface area contributed by atoms with E-state index in [0.717, 1.165) is 19.6 Å². The fourth-order valence-corrected chi connectivity index (χ4v) is 4.73. The van der Waals surface area contributed by atoms with Crippen LogP contribution in [0.4, 0.5) is 11.4 Å². The normalized spacial score (nSPS) is 17.2. The van der Waals surface area contributed by atoms with E-state index in [2.05, 4.69) is 101 Å². The summed E-state index contributed by atoms with van der Waals surface area (Å²) < 4.78 is 0. The Bertz CT molecular complexity index is 1200. The lowest BCUT2D eigenvalue weighted by Gasteiger charge is -2.20. The molecule has 1 N–H and O–H groups in total. The van der Waals surface area contributed by atoms with Crippen molar-refractivity contribution in [2.24, 2.45) is 5.92 Å². The van der Waals surface area contributed by atoms with Gasteiger partial charge in [-0.15, -0.1) is 0 Å². The quantitative estimate of drug-likeness (QED) is 0.366. The molecular formula is C30H31N3. The van der Waals surface area contributed by atoms with Gasteiger partial charge in [0.25, 0.3) is 0 Å². The molecule has 0 aliphatic carbocycles. The first-order valence-electron chi connectivity index (χ1n) is 11.8. The molecule has 166 valence electrons. The van der Waals surface area contributed by atoms with Crippen LogP contribution in [-0.2, 0) is 0 Å². The summed E-state index contributed by atoms with van der Waals surface area (Å²) in [6.07, 6.45) is 0. The maximum atomic E-state index is 9.11. The molecule has 0 amide bonds. The number of nitriles is 1. The van der Waals surface area contributed by atoms with Crippen LogP contribution in [0.2, 0.25) is 0 Å². The Morgan fingerprint density at radius 1 is 0.818 bits per heavy atom. The molecule has 1 aliphatic heterocycles. The molecule has 3 heteroatoms. The van der Waals surface area contributed by atoms with E-state index in [1.54, 1.807) is 0 Å². The molecule has 1 heterocycles. The van der Waals surface area contributed by atoms with E-state index in [9.17, 15) is 0 Å². The molecule has 0 radical (unpaired) electrons. The maximum Gasteiger partial charge on any atom is 0.0991 e. The third-order valence-electron chi connectivity index (χ3n) is 6.37. The van der Waals surface area contributed by atoms with Gasteiger partial charge in [0.2, 0.25) is 0 Å². The second-order valence-corrected chi connectivity index (χ2v) is 8.25. The minimum atomic E-state index is 0.458. The SMILES string of the molecule is CC.N#Cc1ccc(N2CC(CNc3cccc4ccccc34)C(c3ccccc3)C2)cc1. The molecule has 1 saturated heterocycles. The molecule has 0 aromatic heterocycles. The smallest absolute Gasteiger partial charge is 0.0991 e. The van der Waals surface area contributed by atoms with Gasteiger partial charge in [-0.05, 0) is 41.3 Å². The van der Waals surface area contributed by atoms with Gasteiger partial charge in [-0.1, -0.05) is 80.6 Å². The average Bonchev–Trinajstić information content (AvgIpc) is 3.33. The van der Waals surface area contributed by atoms with Crippen LogP contribution < -0.4 is 10.2 Å². The van der Waals surface area contributed by atoms with Crippen molar-refractivity contribution in [2.45, 2.75) is 19.8 Å². The molecule has 2 unspecified atom stereocenters. The van der Waals surface area contributed by atoms with E-state index in [1.165, 1.54) is 27.7 Å². The fourth-order valence-electron chi connectivity index (χ4n) is 4.73. The van der Waals surface area contributed by atoms with Crippen molar-refractivity contribution in [1.29, 1.82) is 5.26 Å². The number of fused-ring (bicyclic) bond motifs is 1. The first-order valence-corrected chi connectivity index (χ1v) is 11.8. The Labute approximate surface area is 197 Å². The van der Waals surface area contributed by atoms with E-state index in [4.69, 9.17) is 5.26 Å². The zero-order chi connectivity index (χ0) is 23.0. The second kappa shape index (κ2) is 10.7. The maximum absolute atomic E-state index is 9.11. The summed E-state index contributed by atoms with van der Waals surface area (Å²) in [5, 5.41) is 15.4. The van der Waals surface area contributed by atoms with Gasteiger partial charge in [0.15, 0.2) is 0 Å². The summed E-state index contributed by atoms with van der Waals surface area (Å²) in [5.41, 5.74) is 4.48. The molecule has 4 aromatic rings. The van der Waals surface area contributed by atoms with Gasteiger partial charge < -0.3 is 10.2 Å². The Balaban J connectivity index is 0.00000126. The molecule has 1 fully saturated rings. The van der Waals surface area contributed by atoms with E-state index in [1.807, 2.05) is 26.0 Å². The molecule has 33 heavy (non-hydrogen) atoms. The van der Waals surface area contributed by atoms with Crippen molar-refractivity contribution < 1.29 is 0 Å². The highest BCUT2D eigenvalue weighted by Crippen LogP contribution is 2.36. The summed E-state index contributed by atoms with van der Waals surface area (Å²) >= 11 is 0. The monoisotopic (exact) mass is 433 g/mol. The highest BCUT2D eigenvalue weighted by Gasteiger charge is 2.33. The van der Waals surface area contributed by atoms with Crippen LogP contribution in [0.5, 0.6) is 0 Å². The molecule has 0 bridgehead atoms.